The van der Waals surface area contributed by atoms with Gasteiger partial charge in [-0.3, -0.25) is 4.79 Å². The molecular weight excluding hydrogens is 426 g/mol. The van der Waals surface area contributed by atoms with Crippen molar-refractivity contribution < 1.29 is 14.3 Å². The quantitative estimate of drug-likeness (QED) is 0.555. The molecule has 1 aliphatic carbocycles. The van der Waals surface area contributed by atoms with E-state index in [9.17, 15) is 9.59 Å². The zero-order valence-corrected chi connectivity index (χ0v) is 20.5. The molecule has 0 bridgehead atoms. The van der Waals surface area contributed by atoms with E-state index in [0.29, 0.717) is 35.3 Å². The van der Waals surface area contributed by atoms with E-state index in [1.54, 1.807) is 18.2 Å². The molecule has 0 radical (unpaired) electrons. The number of likely N-dealkylation sites (tertiary alicyclic amines) is 1. The van der Waals surface area contributed by atoms with Crippen LogP contribution in [0.25, 0.3) is 0 Å². The first-order valence-corrected chi connectivity index (χ1v) is 12.5. The maximum absolute atomic E-state index is 12.9. The summed E-state index contributed by atoms with van der Waals surface area (Å²) in [5.41, 5.74) is 1.09. The third kappa shape index (κ3) is 6.85. The molecule has 1 N–H and O–H groups in total. The number of carbonyl (C=O) groups excluding carboxylic acids is 2. The molecule has 1 saturated carbocycles. The summed E-state index contributed by atoms with van der Waals surface area (Å²) in [6.07, 6.45) is 8.69. The van der Waals surface area contributed by atoms with Crippen LogP contribution in [0.2, 0.25) is 5.02 Å². The Morgan fingerprint density at radius 2 is 1.84 bits per heavy atom. The van der Waals surface area contributed by atoms with Crippen LogP contribution in [0.5, 0.6) is 0 Å². The zero-order chi connectivity index (χ0) is 23.1. The fourth-order valence-electron chi connectivity index (χ4n) is 4.49. The van der Waals surface area contributed by atoms with Crippen molar-refractivity contribution >= 4 is 29.2 Å². The Balaban J connectivity index is 1.50. The number of rotatable bonds is 7. The Bertz CT molecular complexity index is 772. The van der Waals surface area contributed by atoms with Crippen LogP contribution in [0.4, 0.5) is 10.5 Å². The van der Waals surface area contributed by atoms with Crippen molar-refractivity contribution in [3.05, 3.63) is 28.8 Å². The maximum Gasteiger partial charge on any atom is 0.321 e. The van der Waals surface area contributed by atoms with E-state index in [2.05, 4.69) is 19.2 Å². The fraction of sp³-hybridized carbons (Fsp3) is 0.680. The molecule has 1 aromatic rings. The zero-order valence-electron chi connectivity index (χ0n) is 19.7. The van der Waals surface area contributed by atoms with Gasteiger partial charge in [0, 0.05) is 38.5 Å². The summed E-state index contributed by atoms with van der Waals surface area (Å²) in [5, 5.41) is 3.29. The molecule has 1 aromatic carbocycles. The van der Waals surface area contributed by atoms with E-state index >= 15 is 0 Å². The third-order valence-corrected chi connectivity index (χ3v) is 6.98. The summed E-state index contributed by atoms with van der Waals surface area (Å²) in [7, 11) is 1.86. The smallest absolute Gasteiger partial charge is 0.321 e. The molecule has 0 spiro atoms. The molecule has 1 heterocycles. The van der Waals surface area contributed by atoms with Crippen LogP contribution >= 0.6 is 11.6 Å². The number of hydrogen-bond donors (Lipinski definition) is 1. The van der Waals surface area contributed by atoms with Gasteiger partial charge in [0.25, 0.3) is 5.91 Å². The molecular formula is C25H38ClN3O3. The van der Waals surface area contributed by atoms with Crippen LogP contribution in [0.1, 0.15) is 75.6 Å². The van der Waals surface area contributed by atoms with Crippen molar-refractivity contribution in [1.82, 2.24) is 9.80 Å². The Morgan fingerprint density at radius 1 is 1.16 bits per heavy atom. The summed E-state index contributed by atoms with van der Waals surface area (Å²) in [6.45, 7) is 6.53. The van der Waals surface area contributed by atoms with Crippen molar-refractivity contribution in [2.24, 2.45) is 5.92 Å². The standard InChI is InChI=1S/C25H38ClN3O3/c1-18(2)13-16-32-21-11-14-29(15-12-21)25(31)27-19-9-10-22(23(26)17-19)24(30)28(3)20-7-5-4-6-8-20/h9-10,17-18,20-21H,4-8,11-16H2,1-3H3,(H,27,31). The lowest BCUT2D eigenvalue weighted by atomic mass is 9.94. The number of hydrogen-bond acceptors (Lipinski definition) is 3. The van der Waals surface area contributed by atoms with Crippen molar-refractivity contribution in [2.75, 3.05) is 32.1 Å². The number of anilines is 1. The average molecular weight is 464 g/mol. The van der Waals surface area contributed by atoms with E-state index in [4.69, 9.17) is 16.3 Å². The van der Waals surface area contributed by atoms with Gasteiger partial charge < -0.3 is 19.9 Å². The Labute approximate surface area is 197 Å². The minimum absolute atomic E-state index is 0.0562. The number of piperidine rings is 1. The maximum atomic E-state index is 12.9. The normalized spacial score (nSPS) is 18.1. The lowest BCUT2D eigenvalue weighted by Gasteiger charge is -2.32. The van der Waals surface area contributed by atoms with Crippen molar-refractivity contribution in [3.8, 4) is 0 Å². The number of carbonyl (C=O) groups is 2. The third-order valence-electron chi connectivity index (χ3n) is 6.67. The van der Waals surface area contributed by atoms with Crippen LogP contribution in [0.15, 0.2) is 18.2 Å². The van der Waals surface area contributed by atoms with E-state index in [0.717, 1.165) is 38.7 Å². The van der Waals surface area contributed by atoms with Gasteiger partial charge in [-0.2, -0.15) is 0 Å². The Hall–Kier alpha value is -1.79. The molecule has 178 valence electrons. The van der Waals surface area contributed by atoms with E-state index in [-0.39, 0.29) is 24.1 Å². The van der Waals surface area contributed by atoms with Crippen LogP contribution in [0, 0.1) is 5.92 Å². The highest BCUT2D eigenvalue weighted by atomic mass is 35.5. The first kappa shape index (κ1) is 24.8. The summed E-state index contributed by atoms with van der Waals surface area (Å²) < 4.78 is 5.94. The summed E-state index contributed by atoms with van der Waals surface area (Å²) in [5.74, 6) is 0.585. The highest BCUT2D eigenvalue weighted by molar-refractivity contribution is 6.34. The molecule has 3 amide bonds. The second-order valence-electron chi connectivity index (χ2n) is 9.57. The van der Waals surface area contributed by atoms with E-state index in [1.807, 2.05) is 16.8 Å². The summed E-state index contributed by atoms with van der Waals surface area (Å²) >= 11 is 6.44. The summed E-state index contributed by atoms with van der Waals surface area (Å²) in [4.78, 5) is 29.2. The Kier molecular flexibility index (Phi) is 9.23. The van der Waals surface area contributed by atoms with Gasteiger partial charge in [-0.1, -0.05) is 44.7 Å². The number of nitrogens with one attached hydrogen (secondary N) is 1. The van der Waals surface area contributed by atoms with Crippen molar-refractivity contribution in [3.63, 3.8) is 0 Å². The SMILES string of the molecule is CC(C)CCOC1CCN(C(=O)Nc2ccc(C(=O)N(C)C3CCCCC3)c(Cl)c2)CC1. The second kappa shape index (κ2) is 11.9. The van der Waals surface area contributed by atoms with Gasteiger partial charge in [0.05, 0.1) is 16.7 Å². The van der Waals surface area contributed by atoms with Crippen molar-refractivity contribution in [1.29, 1.82) is 0 Å². The lowest BCUT2D eigenvalue weighted by Crippen LogP contribution is -2.43. The molecule has 1 saturated heterocycles. The van der Waals surface area contributed by atoms with E-state index < -0.39 is 0 Å². The molecule has 3 rings (SSSR count). The van der Waals surface area contributed by atoms with Gasteiger partial charge in [0.15, 0.2) is 0 Å². The number of benzene rings is 1. The molecule has 0 atom stereocenters. The predicted octanol–water partition coefficient (Wildman–Crippen LogP) is 5.80. The van der Waals surface area contributed by atoms with E-state index in [1.165, 1.54) is 19.3 Å². The molecule has 7 heteroatoms. The molecule has 32 heavy (non-hydrogen) atoms. The molecule has 0 aromatic heterocycles. The largest absolute Gasteiger partial charge is 0.378 e. The van der Waals surface area contributed by atoms with Gasteiger partial charge in [0.2, 0.25) is 0 Å². The van der Waals surface area contributed by atoms with Gasteiger partial charge >= 0.3 is 6.03 Å². The average Bonchev–Trinajstić information content (AvgIpc) is 2.79. The number of halogens is 1. The van der Waals surface area contributed by atoms with Crippen LogP contribution in [-0.4, -0.2) is 60.6 Å². The lowest BCUT2D eigenvalue weighted by molar-refractivity contribution is 0.0112. The topological polar surface area (TPSA) is 61.9 Å². The van der Waals surface area contributed by atoms with Gasteiger partial charge in [0.1, 0.15) is 0 Å². The minimum atomic E-state index is -0.139. The monoisotopic (exact) mass is 463 g/mol. The summed E-state index contributed by atoms with van der Waals surface area (Å²) in [6, 6.07) is 5.29. The first-order chi connectivity index (χ1) is 15.3. The Morgan fingerprint density at radius 3 is 2.47 bits per heavy atom. The van der Waals surface area contributed by atoms with Crippen molar-refractivity contribution in [2.45, 2.75) is 77.4 Å². The number of amides is 3. The first-order valence-electron chi connectivity index (χ1n) is 12.1. The highest BCUT2D eigenvalue weighted by Gasteiger charge is 2.26. The van der Waals surface area contributed by atoms with Gasteiger partial charge in [-0.25, -0.2) is 4.79 Å². The van der Waals surface area contributed by atoms with Crippen LogP contribution in [-0.2, 0) is 4.74 Å². The fourth-order valence-corrected chi connectivity index (χ4v) is 4.75. The number of nitrogens with zero attached hydrogens (tertiary/aromatic N) is 2. The van der Waals surface area contributed by atoms with Crippen LogP contribution < -0.4 is 5.32 Å². The minimum Gasteiger partial charge on any atom is -0.378 e. The molecule has 0 unspecified atom stereocenters. The molecule has 6 nitrogen and oxygen atoms in total. The number of urea groups is 1. The molecule has 1 aliphatic heterocycles. The second-order valence-corrected chi connectivity index (χ2v) is 9.98. The van der Waals surface area contributed by atoms with Gasteiger partial charge in [-0.15, -0.1) is 0 Å². The van der Waals surface area contributed by atoms with Crippen LogP contribution in [0.3, 0.4) is 0 Å². The highest BCUT2D eigenvalue weighted by Crippen LogP contribution is 2.27. The van der Waals surface area contributed by atoms with Gasteiger partial charge in [-0.05, 0) is 56.2 Å². The number of ether oxygens (including phenoxy) is 1. The molecule has 2 fully saturated rings. The molecule has 2 aliphatic rings. The predicted molar refractivity (Wildman–Crippen MR) is 129 cm³/mol.